The first-order chi connectivity index (χ1) is 11.7. The molecule has 0 bridgehead atoms. The van der Waals surface area contributed by atoms with Crippen LogP contribution in [0.1, 0.15) is 28.2 Å². The number of amides is 1. The second kappa shape index (κ2) is 5.59. The zero-order valence-electron chi connectivity index (χ0n) is 13.1. The summed E-state index contributed by atoms with van der Waals surface area (Å²) >= 11 is 0. The molecule has 0 saturated carbocycles. The van der Waals surface area contributed by atoms with Gasteiger partial charge in [0.1, 0.15) is 11.2 Å². The third kappa shape index (κ3) is 2.20. The molecular weight excluding hydrogens is 306 g/mol. The van der Waals surface area contributed by atoms with Crippen molar-refractivity contribution < 1.29 is 9.53 Å². The number of nitrogens with two attached hydrogens (primary N) is 1. The van der Waals surface area contributed by atoms with Crippen LogP contribution in [0.3, 0.4) is 0 Å². The molecule has 0 aliphatic heterocycles. The van der Waals surface area contributed by atoms with Crippen LogP contribution in [0.2, 0.25) is 0 Å². The van der Waals surface area contributed by atoms with E-state index in [0.717, 1.165) is 24.1 Å². The molecule has 7 nitrogen and oxygen atoms in total. The molecule has 1 amide bonds. The van der Waals surface area contributed by atoms with Crippen LogP contribution in [0, 0.1) is 6.42 Å². The Hall–Kier alpha value is -2.96. The Balaban J connectivity index is 2.01. The number of hydrogen-bond acceptors (Lipinski definition) is 5. The molecule has 120 valence electrons. The van der Waals surface area contributed by atoms with Gasteiger partial charge in [0.05, 0.1) is 24.0 Å². The lowest BCUT2D eigenvalue weighted by molar-refractivity contribution is 0.0992. The van der Waals surface area contributed by atoms with E-state index >= 15 is 0 Å². The normalized spacial score (nSPS) is 13.7. The van der Waals surface area contributed by atoms with Crippen molar-refractivity contribution >= 4 is 16.9 Å². The van der Waals surface area contributed by atoms with Crippen LogP contribution in [-0.2, 0) is 12.8 Å². The lowest BCUT2D eigenvalue weighted by Gasteiger charge is -2.10. The summed E-state index contributed by atoms with van der Waals surface area (Å²) in [6.07, 6.45) is 7.06. The number of primary amides is 1. The zero-order valence-corrected chi connectivity index (χ0v) is 13.1. The van der Waals surface area contributed by atoms with Gasteiger partial charge < -0.3 is 10.5 Å². The highest BCUT2D eigenvalue weighted by Crippen LogP contribution is 2.28. The topological polar surface area (TPSA) is 95.9 Å². The van der Waals surface area contributed by atoms with Gasteiger partial charge in [0.25, 0.3) is 5.91 Å². The molecule has 0 fully saturated rings. The Kier molecular flexibility index (Phi) is 3.41. The van der Waals surface area contributed by atoms with Gasteiger partial charge in [0, 0.05) is 17.8 Å². The minimum Gasteiger partial charge on any atom is -0.481 e. The molecule has 2 radical (unpaired) electrons. The number of aryl methyl sites for hydroxylation is 1. The van der Waals surface area contributed by atoms with E-state index < -0.39 is 5.91 Å². The van der Waals surface area contributed by atoms with E-state index in [2.05, 4.69) is 21.5 Å². The number of hydrogen-bond donors (Lipinski definition) is 1. The summed E-state index contributed by atoms with van der Waals surface area (Å²) in [4.78, 5) is 20.8. The standard InChI is InChI=1S/C17H15N5O2/c1-24-14-7-6-12-15(20-14)13(8-9-19-12)22-16(17(18)23)10-4-2-3-5-11(10)21-22/h6-9H,3-5H2,1H3,(H2,18,23). The molecular formula is C17H15N5O2. The molecule has 2 N–H and O–H groups in total. The molecule has 1 aliphatic rings. The number of fused-ring (bicyclic) bond motifs is 2. The monoisotopic (exact) mass is 321 g/mol. The highest BCUT2D eigenvalue weighted by Gasteiger charge is 2.25. The maximum Gasteiger partial charge on any atom is 0.267 e. The summed E-state index contributed by atoms with van der Waals surface area (Å²) in [5.74, 6) is -0.0451. The van der Waals surface area contributed by atoms with Crippen molar-refractivity contribution in [2.24, 2.45) is 5.73 Å². The van der Waals surface area contributed by atoms with Crippen molar-refractivity contribution in [3.8, 4) is 11.6 Å². The summed E-state index contributed by atoms with van der Waals surface area (Å²) in [6, 6.07) is 5.33. The van der Waals surface area contributed by atoms with E-state index in [0.29, 0.717) is 34.7 Å². The predicted molar refractivity (Wildman–Crippen MR) is 87.0 cm³/mol. The lowest BCUT2D eigenvalue weighted by atomic mass is 9.96. The maximum absolute atomic E-state index is 12.1. The van der Waals surface area contributed by atoms with Crippen molar-refractivity contribution in [2.45, 2.75) is 19.3 Å². The number of ether oxygens (including phenoxy) is 1. The second-order valence-electron chi connectivity index (χ2n) is 5.53. The average Bonchev–Trinajstić information content (AvgIpc) is 3.00. The summed E-state index contributed by atoms with van der Waals surface area (Å²) in [6.45, 7) is 0. The van der Waals surface area contributed by atoms with Crippen LogP contribution in [-0.4, -0.2) is 32.8 Å². The Morgan fingerprint density at radius 1 is 1.38 bits per heavy atom. The van der Waals surface area contributed by atoms with Gasteiger partial charge >= 0.3 is 0 Å². The molecule has 0 saturated heterocycles. The molecule has 3 heterocycles. The van der Waals surface area contributed by atoms with Crippen LogP contribution < -0.4 is 10.5 Å². The molecule has 1 aliphatic carbocycles. The van der Waals surface area contributed by atoms with Crippen LogP contribution in [0.15, 0.2) is 24.4 Å². The van der Waals surface area contributed by atoms with Gasteiger partial charge in [-0.2, -0.15) is 5.10 Å². The minimum atomic E-state index is -0.514. The Morgan fingerprint density at radius 3 is 3.04 bits per heavy atom. The summed E-state index contributed by atoms with van der Waals surface area (Å²) in [7, 11) is 1.55. The van der Waals surface area contributed by atoms with E-state index in [1.54, 1.807) is 30.1 Å². The van der Waals surface area contributed by atoms with Gasteiger partial charge in [-0.3, -0.25) is 9.78 Å². The zero-order chi connectivity index (χ0) is 16.7. The first-order valence-electron chi connectivity index (χ1n) is 7.60. The highest BCUT2D eigenvalue weighted by molar-refractivity contribution is 5.95. The predicted octanol–water partition coefficient (Wildman–Crippen LogP) is 1.49. The quantitative estimate of drug-likeness (QED) is 0.788. The van der Waals surface area contributed by atoms with Gasteiger partial charge in [-0.15, -0.1) is 0 Å². The van der Waals surface area contributed by atoms with Crippen molar-refractivity contribution in [2.75, 3.05) is 7.11 Å². The van der Waals surface area contributed by atoms with E-state index in [4.69, 9.17) is 10.5 Å². The van der Waals surface area contributed by atoms with Crippen molar-refractivity contribution in [1.82, 2.24) is 19.7 Å². The van der Waals surface area contributed by atoms with Crippen molar-refractivity contribution in [1.29, 1.82) is 0 Å². The third-order valence-corrected chi connectivity index (χ3v) is 4.11. The summed E-state index contributed by atoms with van der Waals surface area (Å²) in [5, 5.41) is 4.62. The molecule has 3 aromatic rings. The fraction of sp³-hybridized carbons (Fsp3) is 0.235. The Labute approximate surface area is 138 Å². The fourth-order valence-corrected chi connectivity index (χ4v) is 3.01. The second-order valence-corrected chi connectivity index (χ2v) is 5.53. The molecule has 0 unspecified atom stereocenters. The number of aromatic nitrogens is 4. The number of carbonyl (C=O) groups excluding carboxylic acids is 1. The Morgan fingerprint density at radius 2 is 2.25 bits per heavy atom. The van der Waals surface area contributed by atoms with Crippen LogP contribution in [0.4, 0.5) is 0 Å². The highest BCUT2D eigenvalue weighted by atomic mass is 16.5. The summed E-state index contributed by atoms with van der Waals surface area (Å²) < 4.78 is 6.78. The number of carbonyl (C=O) groups is 1. The van der Waals surface area contributed by atoms with E-state index in [-0.39, 0.29) is 0 Å². The number of pyridine rings is 2. The summed E-state index contributed by atoms with van der Waals surface area (Å²) in [5.41, 5.74) is 9.70. The van der Waals surface area contributed by atoms with Crippen molar-refractivity contribution in [3.63, 3.8) is 0 Å². The largest absolute Gasteiger partial charge is 0.481 e. The molecule has 0 aromatic carbocycles. The van der Waals surface area contributed by atoms with E-state index in [1.807, 2.05) is 6.07 Å². The third-order valence-electron chi connectivity index (χ3n) is 4.11. The van der Waals surface area contributed by atoms with Gasteiger partial charge in [-0.1, -0.05) is 0 Å². The minimum absolute atomic E-state index is 0.384. The van der Waals surface area contributed by atoms with Crippen LogP contribution >= 0.6 is 0 Å². The van der Waals surface area contributed by atoms with Gasteiger partial charge in [-0.05, 0) is 37.8 Å². The fourth-order valence-electron chi connectivity index (χ4n) is 3.01. The Bertz CT molecular complexity index is 948. The molecule has 0 atom stereocenters. The van der Waals surface area contributed by atoms with Gasteiger partial charge in [0.2, 0.25) is 5.88 Å². The van der Waals surface area contributed by atoms with Crippen LogP contribution in [0.25, 0.3) is 16.7 Å². The lowest BCUT2D eigenvalue weighted by Crippen LogP contribution is -2.19. The first kappa shape index (κ1) is 14.6. The molecule has 0 spiro atoms. The van der Waals surface area contributed by atoms with Crippen molar-refractivity contribution in [3.05, 3.63) is 47.8 Å². The molecule has 7 heteroatoms. The first-order valence-corrected chi connectivity index (χ1v) is 7.60. The molecule has 24 heavy (non-hydrogen) atoms. The molecule has 4 rings (SSSR count). The average molecular weight is 321 g/mol. The van der Waals surface area contributed by atoms with E-state index in [1.165, 1.54) is 0 Å². The number of methoxy groups -OCH3 is 1. The van der Waals surface area contributed by atoms with Crippen LogP contribution in [0.5, 0.6) is 5.88 Å². The van der Waals surface area contributed by atoms with E-state index in [9.17, 15) is 4.79 Å². The van der Waals surface area contributed by atoms with Gasteiger partial charge in [0.15, 0.2) is 0 Å². The number of rotatable bonds is 3. The van der Waals surface area contributed by atoms with Gasteiger partial charge in [-0.25, -0.2) is 9.67 Å². The molecule has 3 aromatic heterocycles. The number of nitrogens with zero attached hydrogens (tertiary/aromatic N) is 4. The SMILES string of the molecule is COc1ccc2nccc(-n3nc4c(c3C(N)=O)C[C]CC4)c2n1. The maximum atomic E-state index is 12.1. The smallest absolute Gasteiger partial charge is 0.267 e.